The summed E-state index contributed by atoms with van der Waals surface area (Å²) in [7, 11) is 0. The number of carbonyl (C=O) groups excluding carboxylic acids is 2. The van der Waals surface area contributed by atoms with Crippen molar-refractivity contribution in [2.24, 2.45) is 11.7 Å². The van der Waals surface area contributed by atoms with E-state index in [0.29, 0.717) is 19.6 Å². The highest BCUT2D eigenvalue weighted by Crippen LogP contribution is 2.22. The molecule has 1 aromatic heterocycles. The minimum Gasteiger partial charge on any atom is -0.351 e. The fourth-order valence-electron chi connectivity index (χ4n) is 2.69. The molecule has 7 heteroatoms. The molecule has 0 saturated carbocycles. The normalized spacial score (nSPS) is 18.4. The summed E-state index contributed by atoms with van der Waals surface area (Å²) in [6.45, 7) is 1.46. The van der Waals surface area contributed by atoms with Gasteiger partial charge in [-0.15, -0.1) is 11.3 Å². The lowest BCUT2D eigenvalue weighted by Gasteiger charge is -2.30. The van der Waals surface area contributed by atoms with Crippen molar-refractivity contribution >= 4 is 33.5 Å². The molecule has 22 heavy (non-hydrogen) atoms. The Morgan fingerprint density at radius 3 is 3.00 bits per heavy atom. The third-order valence-corrected chi connectivity index (χ3v) is 4.89. The van der Waals surface area contributed by atoms with Crippen molar-refractivity contribution in [1.82, 2.24) is 15.2 Å². The molecular weight excluding hydrogens is 300 g/mol. The highest BCUT2D eigenvalue weighted by molar-refractivity contribution is 7.18. The third kappa shape index (κ3) is 3.19. The van der Waals surface area contributed by atoms with Crippen molar-refractivity contribution in [3.63, 3.8) is 0 Å². The smallest absolute Gasteiger partial charge is 0.314 e. The molecule has 3 amide bonds. The van der Waals surface area contributed by atoms with Crippen LogP contribution in [0, 0.1) is 5.92 Å². The fourth-order valence-corrected chi connectivity index (χ4v) is 3.60. The number of primary amides is 1. The molecule has 1 aliphatic rings. The third-order valence-electron chi connectivity index (χ3n) is 3.86. The molecular formula is C15H18N4O2S. The Morgan fingerprint density at radius 2 is 2.23 bits per heavy atom. The Kier molecular flexibility index (Phi) is 4.24. The van der Waals surface area contributed by atoms with Gasteiger partial charge < -0.3 is 16.0 Å². The highest BCUT2D eigenvalue weighted by Gasteiger charge is 2.27. The van der Waals surface area contributed by atoms with Gasteiger partial charge in [0.05, 0.1) is 22.7 Å². The van der Waals surface area contributed by atoms with E-state index in [1.54, 1.807) is 11.3 Å². The number of fused-ring (bicyclic) bond motifs is 1. The van der Waals surface area contributed by atoms with Gasteiger partial charge in [0.25, 0.3) is 0 Å². The van der Waals surface area contributed by atoms with E-state index in [-0.39, 0.29) is 11.8 Å². The average Bonchev–Trinajstić information content (AvgIpc) is 2.95. The summed E-state index contributed by atoms with van der Waals surface area (Å²) in [5.74, 6) is -0.221. The lowest BCUT2D eigenvalue weighted by atomic mass is 9.97. The number of piperidine rings is 1. The standard InChI is InChI=1S/C15H18N4O2S/c16-15(21)19-7-3-4-10(9-19)14(20)17-8-13-18-11-5-1-2-6-12(11)22-13/h1-2,5-6,10H,3-4,7-9H2,(H2,16,21)(H,17,20). The second kappa shape index (κ2) is 6.31. The number of rotatable bonds is 3. The molecule has 0 bridgehead atoms. The number of nitrogens with one attached hydrogen (secondary N) is 1. The summed E-state index contributed by atoms with van der Waals surface area (Å²) in [6, 6.07) is 7.45. The molecule has 2 aromatic rings. The number of para-hydroxylation sites is 1. The maximum Gasteiger partial charge on any atom is 0.314 e. The van der Waals surface area contributed by atoms with E-state index in [4.69, 9.17) is 5.73 Å². The van der Waals surface area contributed by atoms with Crippen molar-refractivity contribution in [2.45, 2.75) is 19.4 Å². The molecule has 0 spiro atoms. The molecule has 1 aliphatic heterocycles. The van der Waals surface area contributed by atoms with Crippen LogP contribution in [-0.2, 0) is 11.3 Å². The number of thiazole rings is 1. The summed E-state index contributed by atoms with van der Waals surface area (Å²) in [4.78, 5) is 29.5. The number of aromatic nitrogens is 1. The molecule has 1 fully saturated rings. The predicted octanol–water partition coefficient (Wildman–Crippen LogP) is 1.70. The average molecular weight is 318 g/mol. The number of urea groups is 1. The summed E-state index contributed by atoms with van der Waals surface area (Å²) < 4.78 is 1.12. The van der Waals surface area contributed by atoms with Crippen LogP contribution in [0.1, 0.15) is 17.8 Å². The van der Waals surface area contributed by atoms with E-state index in [9.17, 15) is 9.59 Å². The van der Waals surface area contributed by atoms with Gasteiger partial charge in [-0.2, -0.15) is 0 Å². The fraction of sp³-hybridized carbons (Fsp3) is 0.400. The van der Waals surface area contributed by atoms with Gasteiger partial charge in [0, 0.05) is 13.1 Å². The van der Waals surface area contributed by atoms with E-state index < -0.39 is 6.03 Å². The van der Waals surface area contributed by atoms with Gasteiger partial charge in [0.2, 0.25) is 5.91 Å². The molecule has 1 atom stereocenters. The summed E-state index contributed by atoms with van der Waals surface area (Å²) in [5.41, 5.74) is 6.24. The van der Waals surface area contributed by atoms with Crippen molar-refractivity contribution in [1.29, 1.82) is 0 Å². The molecule has 1 unspecified atom stereocenters. The molecule has 1 saturated heterocycles. The van der Waals surface area contributed by atoms with Gasteiger partial charge in [-0.1, -0.05) is 12.1 Å². The zero-order valence-corrected chi connectivity index (χ0v) is 12.9. The van der Waals surface area contributed by atoms with Crippen LogP contribution >= 0.6 is 11.3 Å². The van der Waals surface area contributed by atoms with Crippen molar-refractivity contribution in [3.8, 4) is 0 Å². The lowest BCUT2D eigenvalue weighted by Crippen LogP contribution is -2.47. The SMILES string of the molecule is NC(=O)N1CCCC(C(=O)NCc2nc3ccccc3s2)C1. The van der Waals surface area contributed by atoms with Crippen molar-refractivity contribution in [2.75, 3.05) is 13.1 Å². The van der Waals surface area contributed by atoms with Gasteiger partial charge in [0.15, 0.2) is 0 Å². The van der Waals surface area contributed by atoms with Gasteiger partial charge in [-0.05, 0) is 25.0 Å². The van der Waals surface area contributed by atoms with E-state index in [2.05, 4.69) is 10.3 Å². The van der Waals surface area contributed by atoms with Gasteiger partial charge >= 0.3 is 6.03 Å². The second-order valence-corrected chi connectivity index (χ2v) is 6.53. The minimum absolute atomic E-state index is 0.0368. The number of hydrogen-bond donors (Lipinski definition) is 2. The lowest BCUT2D eigenvalue weighted by molar-refractivity contribution is -0.126. The first-order valence-corrected chi connectivity index (χ1v) is 8.11. The molecule has 0 radical (unpaired) electrons. The summed E-state index contributed by atoms with van der Waals surface area (Å²) >= 11 is 1.58. The van der Waals surface area contributed by atoms with Gasteiger partial charge in [0.1, 0.15) is 5.01 Å². The largest absolute Gasteiger partial charge is 0.351 e. The van der Waals surface area contributed by atoms with E-state index >= 15 is 0 Å². The predicted molar refractivity (Wildman–Crippen MR) is 85.3 cm³/mol. The molecule has 6 nitrogen and oxygen atoms in total. The highest BCUT2D eigenvalue weighted by atomic mass is 32.1. The Morgan fingerprint density at radius 1 is 1.41 bits per heavy atom. The monoisotopic (exact) mass is 318 g/mol. The Bertz CT molecular complexity index is 667. The van der Waals surface area contributed by atoms with E-state index in [1.807, 2.05) is 24.3 Å². The van der Waals surface area contributed by atoms with Crippen LogP contribution < -0.4 is 11.1 Å². The maximum absolute atomic E-state index is 12.2. The number of nitrogens with two attached hydrogens (primary N) is 1. The van der Waals surface area contributed by atoms with E-state index in [1.165, 1.54) is 4.90 Å². The Hall–Kier alpha value is -2.15. The van der Waals surface area contributed by atoms with Crippen LogP contribution in [0.4, 0.5) is 4.79 Å². The first-order chi connectivity index (χ1) is 10.6. The molecule has 3 rings (SSSR count). The molecule has 2 heterocycles. The number of benzene rings is 1. The topological polar surface area (TPSA) is 88.3 Å². The van der Waals surface area contributed by atoms with Crippen LogP contribution in [0.5, 0.6) is 0 Å². The summed E-state index contributed by atoms with van der Waals surface area (Å²) in [5, 5.41) is 3.81. The number of carbonyl (C=O) groups is 2. The summed E-state index contributed by atoms with van der Waals surface area (Å²) in [6.07, 6.45) is 1.59. The molecule has 0 aliphatic carbocycles. The first-order valence-electron chi connectivity index (χ1n) is 7.30. The van der Waals surface area contributed by atoms with Gasteiger partial charge in [-0.25, -0.2) is 9.78 Å². The number of likely N-dealkylation sites (tertiary alicyclic amines) is 1. The molecule has 3 N–H and O–H groups in total. The van der Waals surface area contributed by atoms with Gasteiger partial charge in [-0.3, -0.25) is 4.79 Å². The number of amides is 3. The zero-order valence-electron chi connectivity index (χ0n) is 12.1. The van der Waals surface area contributed by atoms with E-state index in [0.717, 1.165) is 28.1 Å². The quantitative estimate of drug-likeness (QED) is 0.903. The molecule has 1 aromatic carbocycles. The van der Waals surface area contributed by atoms with Crippen LogP contribution in [0.3, 0.4) is 0 Å². The molecule has 116 valence electrons. The van der Waals surface area contributed by atoms with Crippen molar-refractivity contribution < 1.29 is 9.59 Å². The van der Waals surface area contributed by atoms with Crippen LogP contribution in [0.15, 0.2) is 24.3 Å². The second-order valence-electron chi connectivity index (χ2n) is 5.42. The number of nitrogens with zero attached hydrogens (tertiary/aromatic N) is 2. The maximum atomic E-state index is 12.2. The number of hydrogen-bond acceptors (Lipinski definition) is 4. The first kappa shape index (κ1) is 14.8. The van der Waals surface area contributed by atoms with Crippen LogP contribution in [0.25, 0.3) is 10.2 Å². The zero-order chi connectivity index (χ0) is 15.5. The van der Waals surface area contributed by atoms with Crippen LogP contribution in [-0.4, -0.2) is 34.9 Å². The Labute approximate surface area is 132 Å². The Balaban J connectivity index is 1.58. The minimum atomic E-state index is -0.455. The van der Waals surface area contributed by atoms with Crippen molar-refractivity contribution in [3.05, 3.63) is 29.3 Å². The van der Waals surface area contributed by atoms with Crippen LogP contribution in [0.2, 0.25) is 0 Å².